The van der Waals surface area contributed by atoms with E-state index in [9.17, 15) is 20.0 Å². The topological polar surface area (TPSA) is 108 Å². The fraction of sp³-hybridized carbons (Fsp3) is 0.409. The Kier molecular flexibility index (Phi) is 7.75. The van der Waals surface area contributed by atoms with Crippen molar-refractivity contribution in [3.05, 3.63) is 69.8 Å². The number of piperidine rings is 1. The molecular formula is C22H28N4O4. The van der Waals surface area contributed by atoms with Gasteiger partial charge in [-0.2, -0.15) is 0 Å². The highest BCUT2D eigenvalue weighted by molar-refractivity contribution is 5.76. The van der Waals surface area contributed by atoms with Crippen molar-refractivity contribution in [3.63, 3.8) is 0 Å². The summed E-state index contributed by atoms with van der Waals surface area (Å²) in [6.45, 7) is 3.47. The highest BCUT2D eigenvalue weighted by Crippen LogP contribution is 2.22. The van der Waals surface area contributed by atoms with Crippen LogP contribution in [-0.2, 0) is 17.9 Å². The van der Waals surface area contributed by atoms with Crippen molar-refractivity contribution >= 4 is 17.3 Å². The van der Waals surface area contributed by atoms with Gasteiger partial charge in [-0.1, -0.05) is 36.4 Å². The van der Waals surface area contributed by atoms with Crippen LogP contribution in [0.15, 0.2) is 48.5 Å². The maximum absolute atomic E-state index is 12.1. The second-order valence-electron chi connectivity index (χ2n) is 7.55. The van der Waals surface area contributed by atoms with Gasteiger partial charge in [-0.05, 0) is 30.0 Å². The van der Waals surface area contributed by atoms with Crippen LogP contribution in [0.25, 0.3) is 0 Å². The number of nitro groups is 1. The van der Waals surface area contributed by atoms with E-state index in [1.165, 1.54) is 11.6 Å². The van der Waals surface area contributed by atoms with Crippen LogP contribution in [0.5, 0.6) is 0 Å². The zero-order valence-corrected chi connectivity index (χ0v) is 16.9. The number of hydrogen-bond donors (Lipinski definition) is 3. The second kappa shape index (κ2) is 10.7. The molecule has 0 radical (unpaired) electrons. The molecule has 1 amide bonds. The Morgan fingerprint density at radius 2 is 1.77 bits per heavy atom. The summed E-state index contributed by atoms with van der Waals surface area (Å²) in [6.07, 6.45) is 1.73. The summed E-state index contributed by atoms with van der Waals surface area (Å²) >= 11 is 0. The third-order valence-corrected chi connectivity index (χ3v) is 5.24. The number of aliphatic hydroxyl groups is 1. The molecular weight excluding hydrogens is 384 g/mol. The summed E-state index contributed by atoms with van der Waals surface area (Å²) in [4.78, 5) is 25.0. The Hall–Kier alpha value is -2.97. The molecule has 1 aliphatic heterocycles. The summed E-state index contributed by atoms with van der Waals surface area (Å²) in [6, 6.07) is 14.6. The van der Waals surface area contributed by atoms with Crippen LogP contribution in [0.2, 0.25) is 0 Å². The predicted octanol–water partition coefficient (Wildman–Crippen LogP) is 2.67. The molecule has 0 aliphatic carbocycles. The smallest absolute Gasteiger partial charge is 0.292 e. The standard InChI is InChI=1S/C22H28N4O4/c27-19-10-13-25(14-11-19)16-18-7-5-17(6-8-18)15-24-22(28)9-12-23-20-3-1-2-4-21(20)26(29)30/h1-8,19,23,27H,9-16H2,(H,24,28). The van der Waals surface area contributed by atoms with Gasteiger partial charge >= 0.3 is 0 Å². The van der Waals surface area contributed by atoms with Gasteiger partial charge in [-0.25, -0.2) is 0 Å². The van der Waals surface area contributed by atoms with Crippen molar-refractivity contribution in [2.75, 3.05) is 25.0 Å². The molecule has 3 rings (SSSR count). The number of anilines is 1. The molecule has 0 spiro atoms. The zero-order chi connectivity index (χ0) is 21.3. The van der Waals surface area contributed by atoms with Crippen molar-refractivity contribution in [1.29, 1.82) is 0 Å². The molecule has 30 heavy (non-hydrogen) atoms. The molecule has 0 unspecified atom stereocenters. The molecule has 0 bridgehead atoms. The molecule has 0 aromatic heterocycles. The Morgan fingerprint density at radius 3 is 2.47 bits per heavy atom. The third-order valence-electron chi connectivity index (χ3n) is 5.24. The minimum Gasteiger partial charge on any atom is -0.393 e. The first-order chi connectivity index (χ1) is 14.5. The second-order valence-corrected chi connectivity index (χ2v) is 7.55. The first kappa shape index (κ1) is 21.7. The number of carbonyl (C=O) groups excluding carboxylic acids is 1. The van der Waals surface area contributed by atoms with E-state index in [-0.39, 0.29) is 24.1 Å². The lowest BCUT2D eigenvalue weighted by atomic mass is 10.1. The SMILES string of the molecule is O=C(CCNc1ccccc1[N+](=O)[O-])NCc1ccc(CN2CCC(O)CC2)cc1. The molecule has 8 nitrogen and oxygen atoms in total. The van der Waals surface area contributed by atoms with Gasteiger partial charge in [0, 0.05) is 45.2 Å². The summed E-state index contributed by atoms with van der Waals surface area (Å²) in [5, 5.41) is 26.4. The molecule has 2 aromatic carbocycles. The van der Waals surface area contributed by atoms with E-state index < -0.39 is 4.92 Å². The van der Waals surface area contributed by atoms with E-state index in [2.05, 4.69) is 27.7 Å². The maximum atomic E-state index is 12.1. The van der Waals surface area contributed by atoms with Crippen molar-refractivity contribution in [1.82, 2.24) is 10.2 Å². The van der Waals surface area contributed by atoms with Crippen LogP contribution in [0.4, 0.5) is 11.4 Å². The number of nitro benzene ring substituents is 1. The number of aliphatic hydroxyl groups excluding tert-OH is 1. The van der Waals surface area contributed by atoms with E-state index in [0.29, 0.717) is 18.8 Å². The van der Waals surface area contributed by atoms with Crippen LogP contribution in [0, 0.1) is 10.1 Å². The highest BCUT2D eigenvalue weighted by atomic mass is 16.6. The number of amides is 1. The van der Waals surface area contributed by atoms with E-state index in [0.717, 1.165) is 38.0 Å². The van der Waals surface area contributed by atoms with E-state index in [4.69, 9.17) is 0 Å². The van der Waals surface area contributed by atoms with Gasteiger partial charge < -0.3 is 15.7 Å². The number of nitrogens with zero attached hydrogens (tertiary/aromatic N) is 2. The van der Waals surface area contributed by atoms with E-state index in [1.807, 2.05) is 12.1 Å². The molecule has 8 heteroatoms. The Balaban J connectivity index is 1.38. The lowest BCUT2D eigenvalue weighted by molar-refractivity contribution is -0.384. The minimum atomic E-state index is -0.444. The highest BCUT2D eigenvalue weighted by Gasteiger charge is 2.16. The van der Waals surface area contributed by atoms with Gasteiger partial charge in [0.05, 0.1) is 11.0 Å². The van der Waals surface area contributed by atoms with Gasteiger partial charge in [-0.15, -0.1) is 0 Å². The van der Waals surface area contributed by atoms with Crippen LogP contribution in [0.1, 0.15) is 30.4 Å². The molecule has 160 valence electrons. The lowest BCUT2D eigenvalue weighted by Gasteiger charge is -2.29. The number of benzene rings is 2. The Morgan fingerprint density at radius 1 is 1.10 bits per heavy atom. The predicted molar refractivity (Wildman–Crippen MR) is 115 cm³/mol. The molecule has 3 N–H and O–H groups in total. The first-order valence-corrected chi connectivity index (χ1v) is 10.2. The first-order valence-electron chi connectivity index (χ1n) is 10.2. The number of nitrogens with one attached hydrogen (secondary N) is 2. The zero-order valence-electron chi connectivity index (χ0n) is 16.9. The quantitative estimate of drug-likeness (QED) is 0.432. The maximum Gasteiger partial charge on any atom is 0.292 e. The van der Waals surface area contributed by atoms with Gasteiger partial charge in [0.15, 0.2) is 0 Å². The molecule has 2 aromatic rings. The number of likely N-dealkylation sites (tertiary alicyclic amines) is 1. The van der Waals surface area contributed by atoms with Crippen molar-refractivity contribution in [3.8, 4) is 0 Å². The largest absolute Gasteiger partial charge is 0.393 e. The average molecular weight is 412 g/mol. The van der Waals surface area contributed by atoms with Gasteiger partial charge in [0.2, 0.25) is 5.91 Å². The van der Waals surface area contributed by atoms with Crippen LogP contribution < -0.4 is 10.6 Å². The van der Waals surface area contributed by atoms with Gasteiger partial charge in [0.1, 0.15) is 5.69 Å². The van der Waals surface area contributed by atoms with Crippen molar-refractivity contribution in [2.45, 2.75) is 38.5 Å². The lowest BCUT2D eigenvalue weighted by Crippen LogP contribution is -2.35. The number of hydrogen-bond acceptors (Lipinski definition) is 6. The number of carbonyl (C=O) groups is 1. The Bertz CT molecular complexity index is 848. The average Bonchev–Trinajstić information content (AvgIpc) is 2.75. The molecule has 1 heterocycles. The molecule has 0 atom stereocenters. The minimum absolute atomic E-state index is 0.00118. The molecule has 0 saturated carbocycles. The normalized spacial score (nSPS) is 15.0. The van der Waals surface area contributed by atoms with E-state index >= 15 is 0 Å². The fourth-order valence-corrected chi connectivity index (χ4v) is 3.48. The Labute approximate surface area is 176 Å². The summed E-state index contributed by atoms with van der Waals surface area (Å²) in [5.74, 6) is -0.114. The van der Waals surface area contributed by atoms with Gasteiger partial charge in [-0.3, -0.25) is 19.8 Å². The monoisotopic (exact) mass is 412 g/mol. The fourth-order valence-electron chi connectivity index (χ4n) is 3.48. The van der Waals surface area contributed by atoms with Crippen molar-refractivity contribution < 1.29 is 14.8 Å². The number of para-hydroxylation sites is 2. The van der Waals surface area contributed by atoms with Crippen molar-refractivity contribution in [2.24, 2.45) is 0 Å². The summed E-state index contributed by atoms with van der Waals surface area (Å²) < 4.78 is 0. The molecule has 1 fully saturated rings. The summed E-state index contributed by atoms with van der Waals surface area (Å²) in [7, 11) is 0. The van der Waals surface area contributed by atoms with Gasteiger partial charge in [0.25, 0.3) is 5.69 Å². The summed E-state index contributed by atoms with van der Waals surface area (Å²) in [5.41, 5.74) is 2.65. The van der Waals surface area contributed by atoms with E-state index in [1.54, 1.807) is 18.2 Å². The molecule has 1 aliphatic rings. The third kappa shape index (κ3) is 6.53. The van der Waals surface area contributed by atoms with Crippen LogP contribution in [-0.4, -0.2) is 46.6 Å². The molecule has 1 saturated heterocycles. The van der Waals surface area contributed by atoms with Crippen LogP contribution >= 0.6 is 0 Å². The van der Waals surface area contributed by atoms with Crippen LogP contribution in [0.3, 0.4) is 0 Å². The number of rotatable bonds is 9.